The van der Waals surface area contributed by atoms with E-state index in [0.29, 0.717) is 33.3 Å². The van der Waals surface area contributed by atoms with E-state index >= 15 is 0 Å². The number of esters is 1. The highest BCUT2D eigenvalue weighted by Gasteiger charge is 2.18. The molecule has 20 heavy (non-hydrogen) atoms. The molecule has 0 radical (unpaired) electrons. The summed E-state index contributed by atoms with van der Waals surface area (Å²) < 4.78 is 10.6. The quantitative estimate of drug-likeness (QED) is 0.540. The minimum absolute atomic E-state index is 0.293. The SMILES string of the molecule is CC(C)CCOC(=O)C(C)Oc1cc(Cl)c(Cl)cc1Cl. The predicted molar refractivity (Wildman–Crippen MR) is 82.0 cm³/mol. The molecule has 0 fully saturated rings. The van der Waals surface area contributed by atoms with Gasteiger partial charge in [0.1, 0.15) is 5.75 Å². The van der Waals surface area contributed by atoms with E-state index in [1.54, 1.807) is 6.92 Å². The van der Waals surface area contributed by atoms with E-state index in [4.69, 9.17) is 44.3 Å². The zero-order valence-electron chi connectivity index (χ0n) is 11.6. The average Bonchev–Trinajstić information content (AvgIpc) is 2.35. The lowest BCUT2D eigenvalue weighted by atomic mass is 10.1. The second kappa shape index (κ2) is 7.96. The lowest BCUT2D eigenvalue weighted by Gasteiger charge is -2.16. The van der Waals surface area contributed by atoms with E-state index < -0.39 is 12.1 Å². The maximum absolute atomic E-state index is 11.7. The van der Waals surface area contributed by atoms with Crippen molar-refractivity contribution in [3.63, 3.8) is 0 Å². The fourth-order valence-corrected chi connectivity index (χ4v) is 1.93. The van der Waals surface area contributed by atoms with E-state index in [-0.39, 0.29) is 0 Å². The van der Waals surface area contributed by atoms with Crippen LogP contribution in [-0.2, 0) is 9.53 Å². The van der Waals surface area contributed by atoms with E-state index in [9.17, 15) is 4.79 Å². The molecule has 0 N–H and O–H groups in total. The Bertz CT molecular complexity index is 475. The molecular formula is C14H17Cl3O3. The van der Waals surface area contributed by atoms with Crippen LogP contribution < -0.4 is 4.74 Å². The van der Waals surface area contributed by atoms with Gasteiger partial charge in [-0.2, -0.15) is 0 Å². The van der Waals surface area contributed by atoms with Crippen LogP contribution in [0, 0.1) is 5.92 Å². The number of rotatable bonds is 6. The molecule has 0 aliphatic heterocycles. The minimum Gasteiger partial charge on any atom is -0.477 e. The molecule has 0 bridgehead atoms. The summed E-state index contributed by atoms with van der Waals surface area (Å²) in [6.45, 7) is 6.09. The van der Waals surface area contributed by atoms with Gasteiger partial charge in [-0.05, 0) is 25.3 Å². The molecule has 112 valence electrons. The largest absolute Gasteiger partial charge is 0.477 e. The first kappa shape index (κ1) is 17.4. The highest BCUT2D eigenvalue weighted by Crippen LogP contribution is 2.34. The fourth-order valence-electron chi connectivity index (χ4n) is 1.35. The highest BCUT2D eigenvalue weighted by molar-refractivity contribution is 6.43. The Morgan fingerprint density at radius 3 is 2.30 bits per heavy atom. The van der Waals surface area contributed by atoms with Crippen LogP contribution in [0.5, 0.6) is 5.75 Å². The molecule has 1 aromatic carbocycles. The zero-order chi connectivity index (χ0) is 15.3. The molecule has 0 aliphatic rings. The van der Waals surface area contributed by atoms with Gasteiger partial charge in [0.05, 0.1) is 21.7 Å². The third-order valence-corrected chi connectivity index (χ3v) is 3.57. The Morgan fingerprint density at radius 1 is 1.10 bits per heavy atom. The summed E-state index contributed by atoms with van der Waals surface area (Å²) in [4.78, 5) is 11.7. The molecule has 6 heteroatoms. The molecule has 1 rings (SSSR count). The number of ether oxygens (including phenoxy) is 2. The molecule has 1 atom stereocenters. The number of carbonyl (C=O) groups excluding carboxylic acids is 1. The van der Waals surface area contributed by atoms with Gasteiger partial charge in [-0.15, -0.1) is 0 Å². The average molecular weight is 340 g/mol. The molecule has 0 amide bonds. The van der Waals surface area contributed by atoms with Crippen molar-refractivity contribution in [3.8, 4) is 5.75 Å². The Labute approximate surface area is 134 Å². The highest BCUT2D eigenvalue weighted by atomic mass is 35.5. The fraction of sp³-hybridized carbons (Fsp3) is 0.500. The summed E-state index contributed by atoms with van der Waals surface area (Å²) >= 11 is 17.7. The third-order valence-electron chi connectivity index (χ3n) is 2.55. The Kier molecular flexibility index (Phi) is 6.93. The van der Waals surface area contributed by atoms with Crippen molar-refractivity contribution < 1.29 is 14.3 Å². The standard InChI is InChI=1S/C14H17Cl3O3/c1-8(2)4-5-19-14(18)9(3)20-13-7-11(16)10(15)6-12(13)17/h6-9H,4-5H2,1-3H3. The van der Waals surface area contributed by atoms with Crippen molar-refractivity contribution in [3.05, 3.63) is 27.2 Å². The third kappa shape index (κ3) is 5.39. The predicted octanol–water partition coefficient (Wildman–Crippen LogP) is 5.00. The summed E-state index contributed by atoms with van der Waals surface area (Å²) in [7, 11) is 0. The second-order valence-electron chi connectivity index (χ2n) is 4.81. The Balaban J connectivity index is 2.59. The van der Waals surface area contributed by atoms with Gasteiger partial charge in [-0.3, -0.25) is 0 Å². The molecule has 1 aromatic rings. The topological polar surface area (TPSA) is 35.5 Å². The van der Waals surface area contributed by atoms with Crippen LogP contribution in [0.3, 0.4) is 0 Å². The number of carbonyl (C=O) groups is 1. The van der Waals surface area contributed by atoms with Crippen molar-refractivity contribution in [2.75, 3.05) is 6.61 Å². The summed E-state index contributed by atoms with van der Waals surface area (Å²) in [5.74, 6) is 0.339. The molecule has 0 aromatic heterocycles. The lowest BCUT2D eigenvalue weighted by Crippen LogP contribution is -2.26. The van der Waals surface area contributed by atoms with Crippen LogP contribution in [0.1, 0.15) is 27.2 Å². The summed E-state index contributed by atoms with van der Waals surface area (Å²) in [6, 6.07) is 2.95. The summed E-state index contributed by atoms with van der Waals surface area (Å²) in [6.07, 6.45) is 0.0447. The molecule has 0 heterocycles. The van der Waals surface area contributed by atoms with Gasteiger partial charge < -0.3 is 9.47 Å². The van der Waals surface area contributed by atoms with Gasteiger partial charge in [0, 0.05) is 6.07 Å². The van der Waals surface area contributed by atoms with Gasteiger partial charge in [-0.25, -0.2) is 4.79 Å². The van der Waals surface area contributed by atoms with Crippen LogP contribution in [0.15, 0.2) is 12.1 Å². The Morgan fingerprint density at radius 2 is 1.70 bits per heavy atom. The number of benzene rings is 1. The minimum atomic E-state index is -0.767. The number of hydrogen-bond acceptors (Lipinski definition) is 3. The van der Waals surface area contributed by atoms with Crippen molar-refractivity contribution in [2.24, 2.45) is 5.92 Å². The van der Waals surface area contributed by atoms with Crippen LogP contribution in [0.25, 0.3) is 0 Å². The summed E-state index contributed by atoms with van der Waals surface area (Å²) in [5.41, 5.74) is 0. The van der Waals surface area contributed by atoms with E-state index in [2.05, 4.69) is 13.8 Å². The van der Waals surface area contributed by atoms with Crippen LogP contribution in [0.4, 0.5) is 0 Å². The van der Waals surface area contributed by atoms with Crippen molar-refractivity contribution in [1.82, 2.24) is 0 Å². The molecule has 0 saturated carbocycles. The first-order valence-corrected chi connectivity index (χ1v) is 7.42. The number of halogens is 3. The van der Waals surface area contributed by atoms with Gasteiger partial charge in [0.25, 0.3) is 0 Å². The Hall–Kier alpha value is -0.640. The van der Waals surface area contributed by atoms with Crippen LogP contribution >= 0.6 is 34.8 Å². The van der Waals surface area contributed by atoms with Gasteiger partial charge in [0.2, 0.25) is 0 Å². The van der Waals surface area contributed by atoms with Crippen molar-refractivity contribution >= 4 is 40.8 Å². The van der Waals surface area contributed by atoms with Crippen molar-refractivity contribution in [1.29, 1.82) is 0 Å². The van der Waals surface area contributed by atoms with Crippen molar-refractivity contribution in [2.45, 2.75) is 33.3 Å². The molecule has 0 spiro atoms. The number of hydrogen-bond donors (Lipinski definition) is 0. The molecular weight excluding hydrogens is 323 g/mol. The van der Waals surface area contributed by atoms with E-state index in [0.717, 1.165) is 6.42 Å². The molecule has 1 unspecified atom stereocenters. The van der Waals surface area contributed by atoms with E-state index in [1.165, 1.54) is 12.1 Å². The first-order chi connectivity index (χ1) is 9.31. The maximum Gasteiger partial charge on any atom is 0.347 e. The zero-order valence-corrected chi connectivity index (χ0v) is 13.9. The van der Waals surface area contributed by atoms with Gasteiger partial charge in [0.15, 0.2) is 6.10 Å². The second-order valence-corrected chi connectivity index (χ2v) is 6.03. The molecule has 0 saturated heterocycles. The van der Waals surface area contributed by atoms with Gasteiger partial charge >= 0.3 is 5.97 Å². The van der Waals surface area contributed by atoms with Gasteiger partial charge in [-0.1, -0.05) is 48.7 Å². The van der Waals surface area contributed by atoms with E-state index in [1.807, 2.05) is 0 Å². The monoisotopic (exact) mass is 338 g/mol. The summed E-state index contributed by atoms with van der Waals surface area (Å²) in [5, 5.41) is 0.934. The van der Waals surface area contributed by atoms with Crippen LogP contribution in [-0.4, -0.2) is 18.7 Å². The lowest BCUT2D eigenvalue weighted by molar-refractivity contribution is -0.151. The normalized spacial score (nSPS) is 12.3. The maximum atomic E-state index is 11.7. The smallest absolute Gasteiger partial charge is 0.347 e. The molecule has 3 nitrogen and oxygen atoms in total. The molecule has 0 aliphatic carbocycles. The first-order valence-electron chi connectivity index (χ1n) is 6.29. The van der Waals surface area contributed by atoms with Crippen LogP contribution in [0.2, 0.25) is 15.1 Å².